The van der Waals surface area contributed by atoms with Crippen LogP contribution < -0.4 is 19.5 Å². The van der Waals surface area contributed by atoms with Gasteiger partial charge in [0, 0.05) is 18.7 Å². The zero-order valence-electron chi connectivity index (χ0n) is 14.9. The molecular formula is C20H23F2NO3. The number of benzene rings is 2. The molecule has 6 heteroatoms. The lowest BCUT2D eigenvalue weighted by molar-refractivity contribution is -0.0498. The topological polar surface area (TPSA) is 39.7 Å². The maximum atomic E-state index is 12.2. The molecule has 0 fully saturated rings. The van der Waals surface area contributed by atoms with Gasteiger partial charge in [0.2, 0.25) is 0 Å². The summed E-state index contributed by atoms with van der Waals surface area (Å²) in [6.07, 6.45) is 2.50. The van der Waals surface area contributed by atoms with E-state index in [1.54, 1.807) is 26.4 Å². The number of methoxy groups -OCH3 is 2. The molecule has 26 heavy (non-hydrogen) atoms. The van der Waals surface area contributed by atoms with E-state index >= 15 is 0 Å². The van der Waals surface area contributed by atoms with Crippen LogP contribution in [0.1, 0.15) is 16.7 Å². The van der Waals surface area contributed by atoms with Gasteiger partial charge in [0.05, 0.1) is 14.2 Å². The van der Waals surface area contributed by atoms with E-state index in [9.17, 15) is 8.78 Å². The van der Waals surface area contributed by atoms with Gasteiger partial charge in [0.15, 0.2) is 11.5 Å². The zero-order chi connectivity index (χ0) is 18.9. The molecule has 0 amide bonds. The number of hydrogen-bond donors (Lipinski definition) is 1. The van der Waals surface area contributed by atoms with Crippen LogP contribution in [0.15, 0.2) is 49.1 Å². The Bertz CT molecular complexity index is 718. The Morgan fingerprint density at radius 1 is 1.04 bits per heavy atom. The number of halogens is 2. The van der Waals surface area contributed by atoms with Crippen LogP contribution in [0.5, 0.6) is 17.2 Å². The van der Waals surface area contributed by atoms with Crippen molar-refractivity contribution in [2.75, 3.05) is 14.2 Å². The van der Waals surface area contributed by atoms with E-state index < -0.39 is 6.61 Å². The summed E-state index contributed by atoms with van der Waals surface area (Å²) < 4.78 is 39.5. The summed E-state index contributed by atoms with van der Waals surface area (Å²) in [5.74, 6) is 1.54. The van der Waals surface area contributed by atoms with Crippen molar-refractivity contribution in [3.63, 3.8) is 0 Å². The third-order valence-electron chi connectivity index (χ3n) is 3.79. The molecule has 0 heterocycles. The Labute approximate surface area is 152 Å². The molecule has 0 unspecified atom stereocenters. The first-order valence-electron chi connectivity index (χ1n) is 8.16. The van der Waals surface area contributed by atoms with Crippen molar-refractivity contribution >= 4 is 0 Å². The second-order valence-corrected chi connectivity index (χ2v) is 5.61. The molecule has 2 aromatic carbocycles. The minimum Gasteiger partial charge on any atom is -0.493 e. The van der Waals surface area contributed by atoms with Crippen LogP contribution in [0.2, 0.25) is 0 Å². The lowest BCUT2D eigenvalue weighted by Crippen LogP contribution is -2.13. The van der Waals surface area contributed by atoms with Crippen molar-refractivity contribution < 1.29 is 23.0 Å². The normalized spacial score (nSPS) is 10.7. The molecule has 4 nitrogen and oxygen atoms in total. The van der Waals surface area contributed by atoms with Crippen LogP contribution in [-0.4, -0.2) is 20.8 Å². The maximum absolute atomic E-state index is 12.2. The maximum Gasteiger partial charge on any atom is 0.387 e. The van der Waals surface area contributed by atoms with E-state index in [0.29, 0.717) is 31.0 Å². The third-order valence-corrected chi connectivity index (χ3v) is 3.79. The highest BCUT2D eigenvalue weighted by Gasteiger charge is 2.11. The predicted molar refractivity (Wildman–Crippen MR) is 97.1 cm³/mol. The van der Waals surface area contributed by atoms with E-state index in [1.165, 1.54) is 12.1 Å². The highest BCUT2D eigenvalue weighted by molar-refractivity contribution is 5.50. The zero-order valence-corrected chi connectivity index (χ0v) is 14.9. The monoisotopic (exact) mass is 363 g/mol. The van der Waals surface area contributed by atoms with Crippen molar-refractivity contribution in [2.24, 2.45) is 0 Å². The quantitative estimate of drug-likeness (QED) is 0.638. The molecule has 0 radical (unpaired) electrons. The Hall–Kier alpha value is -2.60. The molecule has 2 rings (SSSR count). The second-order valence-electron chi connectivity index (χ2n) is 5.61. The largest absolute Gasteiger partial charge is 0.493 e. The molecule has 0 aromatic heterocycles. The first-order valence-corrected chi connectivity index (χ1v) is 8.16. The fraction of sp³-hybridized carbons (Fsp3) is 0.300. The molecule has 0 saturated carbocycles. The lowest BCUT2D eigenvalue weighted by atomic mass is 10.1. The fourth-order valence-corrected chi connectivity index (χ4v) is 2.66. The molecule has 2 aromatic rings. The first-order chi connectivity index (χ1) is 12.6. The van der Waals surface area contributed by atoms with E-state index in [1.807, 2.05) is 12.1 Å². The summed E-state index contributed by atoms with van der Waals surface area (Å²) >= 11 is 0. The summed E-state index contributed by atoms with van der Waals surface area (Å²) in [7, 11) is 3.22. The van der Waals surface area contributed by atoms with Gasteiger partial charge in [-0.3, -0.25) is 0 Å². The van der Waals surface area contributed by atoms with Crippen LogP contribution in [0.4, 0.5) is 8.78 Å². The Balaban J connectivity index is 2.00. The van der Waals surface area contributed by atoms with Crippen LogP contribution in [-0.2, 0) is 19.5 Å². The van der Waals surface area contributed by atoms with Crippen molar-refractivity contribution in [3.05, 3.63) is 65.7 Å². The number of rotatable bonds is 10. The summed E-state index contributed by atoms with van der Waals surface area (Å²) in [4.78, 5) is 0. The molecular weight excluding hydrogens is 340 g/mol. The molecule has 0 aliphatic heterocycles. The number of hydrogen-bond acceptors (Lipinski definition) is 4. The van der Waals surface area contributed by atoms with Crippen LogP contribution in [0.25, 0.3) is 0 Å². The highest BCUT2D eigenvalue weighted by atomic mass is 19.3. The van der Waals surface area contributed by atoms with E-state index in [2.05, 4.69) is 22.7 Å². The van der Waals surface area contributed by atoms with Crippen LogP contribution in [0.3, 0.4) is 0 Å². The SMILES string of the molecule is C=CCc1cc(CNCc2ccc(OC(F)F)cc2)cc(OC)c1OC. The number of allylic oxidation sites excluding steroid dienone is 1. The van der Waals surface area contributed by atoms with Crippen molar-refractivity contribution in [3.8, 4) is 17.2 Å². The summed E-state index contributed by atoms with van der Waals surface area (Å²) in [5.41, 5.74) is 3.03. The van der Waals surface area contributed by atoms with Gasteiger partial charge in [-0.1, -0.05) is 24.3 Å². The average Bonchev–Trinajstić information content (AvgIpc) is 2.62. The molecule has 1 N–H and O–H groups in total. The van der Waals surface area contributed by atoms with Crippen molar-refractivity contribution in [2.45, 2.75) is 26.1 Å². The van der Waals surface area contributed by atoms with Gasteiger partial charge >= 0.3 is 6.61 Å². The first kappa shape index (κ1) is 19.7. The van der Waals surface area contributed by atoms with Gasteiger partial charge in [-0.2, -0.15) is 8.78 Å². The number of alkyl halides is 2. The second kappa shape index (κ2) is 9.77. The van der Waals surface area contributed by atoms with Crippen LogP contribution >= 0.6 is 0 Å². The van der Waals surface area contributed by atoms with Gasteiger partial charge < -0.3 is 19.5 Å². The third kappa shape index (κ3) is 5.46. The molecule has 0 saturated heterocycles. The highest BCUT2D eigenvalue weighted by Crippen LogP contribution is 2.33. The average molecular weight is 363 g/mol. The summed E-state index contributed by atoms with van der Waals surface area (Å²) in [5, 5.41) is 3.33. The van der Waals surface area contributed by atoms with Gasteiger partial charge in [0.1, 0.15) is 5.75 Å². The smallest absolute Gasteiger partial charge is 0.387 e. The van der Waals surface area contributed by atoms with Gasteiger partial charge in [-0.05, 0) is 35.7 Å². The minimum atomic E-state index is -2.81. The Kier molecular flexibility index (Phi) is 7.41. The summed E-state index contributed by atoms with van der Waals surface area (Å²) in [6.45, 7) is 2.18. The van der Waals surface area contributed by atoms with E-state index in [-0.39, 0.29) is 5.75 Å². The standard InChI is InChI=1S/C20H23F2NO3/c1-4-5-16-10-15(11-18(24-2)19(16)25-3)13-23-12-14-6-8-17(9-7-14)26-20(21)22/h4,6-11,20,23H,1,5,12-13H2,2-3H3. The van der Waals surface area contributed by atoms with Gasteiger partial charge in [-0.15, -0.1) is 6.58 Å². The molecule has 0 aliphatic carbocycles. The van der Waals surface area contributed by atoms with E-state index in [0.717, 1.165) is 16.7 Å². The Morgan fingerprint density at radius 3 is 2.31 bits per heavy atom. The Morgan fingerprint density at radius 2 is 1.73 bits per heavy atom. The molecule has 0 aliphatic rings. The van der Waals surface area contributed by atoms with Crippen molar-refractivity contribution in [1.29, 1.82) is 0 Å². The lowest BCUT2D eigenvalue weighted by Gasteiger charge is -2.15. The molecule has 0 spiro atoms. The predicted octanol–water partition coefficient (Wildman–Crippen LogP) is 4.32. The minimum absolute atomic E-state index is 0.151. The van der Waals surface area contributed by atoms with E-state index in [4.69, 9.17) is 9.47 Å². The van der Waals surface area contributed by atoms with Gasteiger partial charge in [-0.25, -0.2) is 0 Å². The molecule has 0 atom stereocenters. The fourth-order valence-electron chi connectivity index (χ4n) is 2.66. The summed E-state index contributed by atoms with van der Waals surface area (Å²) in [6, 6.07) is 10.5. The van der Waals surface area contributed by atoms with Crippen LogP contribution in [0, 0.1) is 0 Å². The number of nitrogens with one attached hydrogen (secondary N) is 1. The van der Waals surface area contributed by atoms with Crippen molar-refractivity contribution in [1.82, 2.24) is 5.32 Å². The molecule has 140 valence electrons. The van der Waals surface area contributed by atoms with Gasteiger partial charge in [0.25, 0.3) is 0 Å². The number of ether oxygens (including phenoxy) is 3. The molecule has 0 bridgehead atoms.